The highest BCUT2D eigenvalue weighted by Crippen LogP contribution is 2.29. The molecule has 0 unspecified atom stereocenters. The second kappa shape index (κ2) is 4.57. The van der Waals surface area contributed by atoms with Gasteiger partial charge in [-0.2, -0.15) is 0 Å². The molecule has 82 valence electrons. The highest BCUT2D eigenvalue weighted by molar-refractivity contribution is 6.32. The van der Waals surface area contributed by atoms with Crippen LogP contribution in [0.15, 0.2) is 6.20 Å². The number of hydrogen-bond acceptors (Lipinski definition) is 3. The van der Waals surface area contributed by atoms with Crippen LogP contribution in [-0.4, -0.2) is 11.0 Å². The Balaban J connectivity index is 3.04. The minimum absolute atomic E-state index is 0.00429. The number of nitrogens with zero attached hydrogens (tertiary/aromatic N) is 1. The van der Waals surface area contributed by atoms with Gasteiger partial charge in [0.05, 0.1) is 17.8 Å². The molecule has 1 heterocycles. The van der Waals surface area contributed by atoms with E-state index in [-0.39, 0.29) is 16.7 Å². The van der Waals surface area contributed by atoms with E-state index in [1.54, 1.807) is 20.8 Å². The van der Waals surface area contributed by atoms with Crippen molar-refractivity contribution in [1.82, 2.24) is 4.98 Å². The summed E-state index contributed by atoms with van der Waals surface area (Å²) in [7, 11) is 0. The van der Waals surface area contributed by atoms with Crippen molar-refractivity contribution in [3.63, 3.8) is 0 Å². The number of carbonyl (C=O) groups is 1. The number of aryl methyl sites for hydroxylation is 1. The van der Waals surface area contributed by atoms with Crippen LogP contribution >= 0.6 is 11.6 Å². The number of hydrogen-bond donors (Lipinski definition) is 0. The summed E-state index contributed by atoms with van der Waals surface area (Å²) >= 11 is 5.66. The van der Waals surface area contributed by atoms with Crippen LogP contribution < -0.4 is 4.74 Å². The maximum atomic E-state index is 13.0. The third-order valence-corrected chi connectivity index (χ3v) is 2.14. The molecule has 0 spiro atoms. The summed E-state index contributed by atoms with van der Waals surface area (Å²) in [5.74, 6) is -1.47. The SMILES string of the molecule is Cc1ncc(F)c(Cl)c1OC(=O)C(C)C. The highest BCUT2D eigenvalue weighted by Gasteiger charge is 2.17. The number of ether oxygens (including phenoxy) is 1. The Morgan fingerprint density at radius 3 is 2.73 bits per heavy atom. The van der Waals surface area contributed by atoms with E-state index in [1.807, 2.05) is 0 Å². The molecule has 0 atom stereocenters. The van der Waals surface area contributed by atoms with Crippen LogP contribution in [0.4, 0.5) is 4.39 Å². The summed E-state index contributed by atoms with van der Waals surface area (Å²) in [4.78, 5) is 15.0. The fraction of sp³-hybridized carbons (Fsp3) is 0.400. The largest absolute Gasteiger partial charge is 0.423 e. The molecule has 1 rings (SSSR count). The summed E-state index contributed by atoms with van der Waals surface area (Å²) in [6, 6.07) is 0. The molecule has 0 saturated heterocycles. The molecule has 0 aliphatic heterocycles. The molecule has 0 aliphatic rings. The van der Waals surface area contributed by atoms with E-state index in [1.165, 1.54) is 0 Å². The van der Waals surface area contributed by atoms with Gasteiger partial charge in [-0.05, 0) is 6.92 Å². The average Bonchev–Trinajstić information content (AvgIpc) is 2.18. The Hall–Kier alpha value is -1.16. The lowest BCUT2D eigenvalue weighted by atomic mass is 10.2. The molecule has 3 nitrogen and oxygen atoms in total. The number of esters is 1. The molecule has 0 N–H and O–H groups in total. The van der Waals surface area contributed by atoms with Gasteiger partial charge < -0.3 is 4.74 Å². The minimum atomic E-state index is -0.700. The summed E-state index contributed by atoms with van der Waals surface area (Å²) in [6.07, 6.45) is 0.990. The first-order valence-corrected chi connectivity index (χ1v) is 4.83. The Bertz CT molecular complexity index is 393. The predicted molar refractivity (Wildman–Crippen MR) is 54.4 cm³/mol. The van der Waals surface area contributed by atoms with E-state index < -0.39 is 11.8 Å². The molecule has 5 heteroatoms. The zero-order valence-corrected chi connectivity index (χ0v) is 9.43. The van der Waals surface area contributed by atoms with Crippen LogP contribution in [0.25, 0.3) is 0 Å². The number of halogens is 2. The summed E-state index contributed by atoms with van der Waals surface area (Å²) < 4.78 is 18.0. The standard InChI is InChI=1S/C10H11ClFNO2/c1-5(2)10(14)15-9-6(3)13-4-7(12)8(9)11/h4-5H,1-3H3. The van der Waals surface area contributed by atoms with Crippen LogP contribution in [-0.2, 0) is 4.79 Å². The van der Waals surface area contributed by atoms with Gasteiger partial charge in [0.25, 0.3) is 0 Å². The predicted octanol–water partition coefficient (Wildman–Crippen LogP) is 2.74. The lowest BCUT2D eigenvalue weighted by molar-refractivity contribution is -0.137. The number of rotatable bonds is 2. The summed E-state index contributed by atoms with van der Waals surface area (Å²) in [5, 5.41) is -0.212. The molecule has 0 bridgehead atoms. The first kappa shape index (κ1) is 11.9. The first-order chi connectivity index (χ1) is 6.93. The lowest BCUT2D eigenvalue weighted by Crippen LogP contribution is -2.16. The number of aromatic nitrogens is 1. The Labute approximate surface area is 92.2 Å². The van der Waals surface area contributed by atoms with E-state index in [0.717, 1.165) is 6.20 Å². The van der Waals surface area contributed by atoms with E-state index in [4.69, 9.17) is 16.3 Å². The van der Waals surface area contributed by atoms with Crippen molar-refractivity contribution in [2.45, 2.75) is 20.8 Å². The van der Waals surface area contributed by atoms with E-state index in [2.05, 4.69) is 4.98 Å². The Kier molecular flexibility index (Phi) is 3.63. The Morgan fingerprint density at radius 2 is 2.20 bits per heavy atom. The molecule has 1 aromatic heterocycles. The maximum Gasteiger partial charge on any atom is 0.313 e. The smallest absolute Gasteiger partial charge is 0.313 e. The quantitative estimate of drug-likeness (QED) is 0.735. The second-order valence-corrected chi connectivity index (χ2v) is 3.79. The van der Waals surface area contributed by atoms with Crippen molar-refractivity contribution in [2.24, 2.45) is 5.92 Å². The van der Waals surface area contributed by atoms with Crippen molar-refractivity contribution < 1.29 is 13.9 Å². The number of carbonyl (C=O) groups excluding carboxylic acids is 1. The first-order valence-electron chi connectivity index (χ1n) is 4.45. The molecule has 0 radical (unpaired) electrons. The van der Waals surface area contributed by atoms with Gasteiger partial charge in [-0.3, -0.25) is 9.78 Å². The van der Waals surface area contributed by atoms with E-state index >= 15 is 0 Å². The summed E-state index contributed by atoms with van der Waals surface area (Å²) in [5.41, 5.74) is 0.385. The lowest BCUT2D eigenvalue weighted by Gasteiger charge is -2.10. The van der Waals surface area contributed by atoms with Crippen molar-refractivity contribution in [2.75, 3.05) is 0 Å². The topological polar surface area (TPSA) is 39.2 Å². The molecule has 0 fully saturated rings. The van der Waals surface area contributed by atoms with Crippen molar-refractivity contribution in [1.29, 1.82) is 0 Å². The normalized spacial score (nSPS) is 10.5. The summed E-state index contributed by atoms with van der Waals surface area (Å²) in [6.45, 7) is 4.95. The fourth-order valence-corrected chi connectivity index (χ4v) is 1.10. The van der Waals surface area contributed by atoms with Gasteiger partial charge in [-0.25, -0.2) is 4.39 Å². The molecule has 15 heavy (non-hydrogen) atoms. The molecular formula is C10H11ClFNO2. The number of pyridine rings is 1. The van der Waals surface area contributed by atoms with Gasteiger partial charge in [0.15, 0.2) is 11.6 Å². The minimum Gasteiger partial charge on any atom is -0.423 e. The highest BCUT2D eigenvalue weighted by atomic mass is 35.5. The monoisotopic (exact) mass is 231 g/mol. The zero-order valence-electron chi connectivity index (χ0n) is 8.67. The van der Waals surface area contributed by atoms with Gasteiger partial charge in [0.2, 0.25) is 0 Å². The third kappa shape index (κ3) is 2.65. The van der Waals surface area contributed by atoms with Crippen molar-refractivity contribution in [3.8, 4) is 5.75 Å². The van der Waals surface area contributed by atoms with Gasteiger partial charge in [0.1, 0.15) is 5.02 Å². The zero-order chi connectivity index (χ0) is 11.6. The molecule has 0 aliphatic carbocycles. The fourth-order valence-electron chi connectivity index (χ4n) is 0.873. The maximum absolute atomic E-state index is 13.0. The van der Waals surface area contributed by atoms with E-state index in [0.29, 0.717) is 5.69 Å². The van der Waals surface area contributed by atoms with Crippen LogP contribution in [0.1, 0.15) is 19.5 Å². The third-order valence-electron chi connectivity index (χ3n) is 1.78. The van der Waals surface area contributed by atoms with Gasteiger partial charge in [0, 0.05) is 0 Å². The molecule has 0 aromatic carbocycles. The molecular weight excluding hydrogens is 221 g/mol. The van der Waals surface area contributed by atoms with Crippen molar-refractivity contribution >= 4 is 17.6 Å². The van der Waals surface area contributed by atoms with Crippen LogP contribution in [0.3, 0.4) is 0 Å². The van der Waals surface area contributed by atoms with Gasteiger partial charge in [-0.1, -0.05) is 25.4 Å². The van der Waals surface area contributed by atoms with Crippen LogP contribution in [0.2, 0.25) is 5.02 Å². The van der Waals surface area contributed by atoms with Gasteiger partial charge in [-0.15, -0.1) is 0 Å². The van der Waals surface area contributed by atoms with Crippen LogP contribution in [0.5, 0.6) is 5.75 Å². The van der Waals surface area contributed by atoms with Crippen LogP contribution in [0, 0.1) is 18.7 Å². The van der Waals surface area contributed by atoms with Gasteiger partial charge >= 0.3 is 5.97 Å². The molecule has 0 amide bonds. The van der Waals surface area contributed by atoms with Crippen molar-refractivity contribution in [3.05, 3.63) is 22.7 Å². The molecule has 1 aromatic rings. The average molecular weight is 232 g/mol. The van der Waals surface area contributed by atoms with E-state index in [9.17, 15) is 9.18 Å². The second-order valence-electron chi connectivity index (χ2n) is 3.41. The molecule has 0 saturated carbocycles. The Morgan fingerprint density at radius 1 is 1.60 bits per heavy atom.